The minimum Gasteiger partial charge on any atom is -0.507 e. The predicted octanol–water partition coefficient (Wildman–Crippen LogP) is 4.65. The maximum absolute atomic E-state index is 13.5. The zero-order valence-electron chi connectivity index (χ0n) is 21.4. The molecule has 3 aromatic rings. The van der Waals surface area contributed by atoms with Gasteiger partial charge in [-0.2, -0.15) is 0 Å². The van der Waals surface area contributed by atoms with Crippen molar-refractivity contribution in [3.05, 3.63) is 88.5 Å². The number of Topliss-reactive ketones (excluding diaryl/α,β-unsaturated/α-hetero) is 1. The van der Waals surface area contributed by atoms with Crippen LogP contribution in [0.15, 0.2) is 66.2 Å². The molecule has 8 heteroatoms. The molecule has 0 aliphatic carbocycles. The van der Waals surface area contributed by atoms with Crippen molar-refractivity contribution in [3.63, 3.8) is 0 Å². The minimum atomic E-state index is -0.907. The van der Waals surface area contributed by atoms with E-state index in [0.29, 0.717) is 39.7 Å². The molecule has 0 aromatic heterocycles. The van der Waals surface area contributed by atoms with E-state index in [1.165, 1.54) is 26.2 Å². The van der Waals surface area contributed by atoms with Crippen molar-refractivity contribution < 1.29 is 33.6 Å². The van der Waals surface area contributed by atoms with E-state index in [9.17, 15) is 14.7 Å². The molecule has 1 amide bonds. The summed E-state index contributed by atoms with van der Waals surface area (Å²) in [5.41, 5.74) is 2.41. The molecule has 0 saturated carbocycles. The van der Waals surface area contributed by atoms with Gasteiger partial charge < -0.3 is 29.0 Å². The first-order valence-electron chi connectivity index (χ1n) is 11.6. The van der Waals surface area contributed by atoms with Crippen LogP contribution >= 0.6 is 0 Å². The number of likely N-dealkylation sites (tertiary alicyclic amines) is 1. The Morgan fingerprint density at radius 1 is 0.811 bits per heavy atom. The van der Waals surface area contributed by atoms with Gasteiger partial charge in [-0.05, 0) is 42.8 Å². The summed E-state index contributed by atoms with van der Waals surface area (Å²) in [5, 5.41) is 11.5. The number of methoxy groups -OCH3 is 4. The van der Waals surface area contributed by atoms with E-state index in [1.54, 1.807) is 43.5 Å². The summed E-state index contributed by atoms with van der Waals surface area (Å²) < 4.78 is 21.8. The van der Waals surface area contributed by atoms with Crippen molar-refractivity contribution in [2.24, 2.45) is 0 Å². The number of aliphatic hydroxyl groups excluding tert-OH is 1. The SMILES string of the molecule is COc1ccccc1CN1C(=O)C(=O)/C(=C(/O)c2cc(C)ccc2OC)C1c1ccc(OC)c(OC)c1. The van der Waals surface area contributed by atoms with Gasteiger partial charge in [-0.1, -0.05) is 35.9 Å². The zero-order valence-corrected chi connectivity index (χ0v) is 21.4. The van der Waals surface area contributed by atoms with Gasteiger partial charge in [-0.25, -0.2) is 0 Å². The molecule has 1 saturated heterocycles. The molecule has 1 aliphatic heterocycles. The van der Waals surface area contributed by atoms with E-state index in [4.69, 9.17) is 18.9 Å². The van der Waals surface area contributed by atoms with Crippen LogP contribution < -0.4 is 18.9 Å². The third-order valence-corrected chi connectivity index (χ3v) is 6.41. The van der Waals surface area contributed by atoms with E-state index in [1.807, 2.05) is 31.2 Å². The highest BCUT2D eigenvalue weighted by atomic mass is 16.5. The Labute approximate surface area is 215 Å². The lowest BCUT2D eigenvalue weighted by molar-refractivity contribution is -0.140. The summed E-state index contributed by atoms with van der Waals surface area (Å²) in [4.78, 5) is 28.4. The van der Waals surface area contributed by atoms with Crippen molar-refractivity contribution in [3.8, 4) is 23.0 Å². The number of aryl methyl sites for hydroxylation is 1. The van der Waals surface area contributed by atoms with Gasteiger partial charge >= 0.3 is 0 Å². The Morgan fingerprint density at radius 3 is 2.14 bits per heavy atom. The highest BCUT2D eigenvalue weighted by Crippen LogP contribution is 2.44. The lowest BCUT2D eigenvalue weighted by Gasteiger charge is -2.26. The number of benzene rings is 3. The Kier molecular flexibility index (Phi) is 7.38. The first kappa shape index (κ1) is 25.6. The summed E-state index contributed by atoms with van der Waals surface area (Å²) >= 11 is 0. The van der Waals surface area contributed by atoms with Crippen LogP contribution in [0.25, 0.3) is 5.76 Å². The maximum atomic E-state index is 13.5. The second kappa shape index (κ2) is 10.7. The molecule has 1 atom stereocenters. The highest BCUT2D eigenvalue weighted by Gasteiger charge is 2.46. The molecule has 1 aliphatic rings. The summed E-state index contributed by atoms with van der Waals surface area (Å²) in [6, 6.07) is 16.8. The number of hydrogen-bond acceptors (Lipinski definition) is 7. The van der Waals surface area contributed by atoms with E-state index in [-0.39, 0.29) is 17.9 Å². The fraction of sp³-hybridized carbons (Fsp3) is 0.241. The molecule has 0 radical (unpaired) electrons. The molecule has 1 heterocycles. The monoisotopic (exact) mass is 503 g/mol. The molecule has 1 unspecified atom stereocenters. The van der Waals surface area contributed by atoms with Gasteiger partial charge in [-0.15, -0.1) is 0 Å². The number of ether oxygens (including phenoxy) is 4. The normalized spacial score (nSPS) is 16.6. The first-order chi connectivity index (χ1) is 17.8. The Balaban J connectivity index is 1.95. The van der Waals surface area contributed by atoms with Gasteiger partial charge in [0.1, 0.15) is 17.3 Å². The number of para-hydroxylation sites is 1. The van der Waals surface area contributed by atoms with Crippen molar-refractivity contribution >= 4 is 17.4 Å². The lowest BCUT2D eigenvalue weighted by Crippen LogP contribution is -2.29. The molecule has 1 fully saturated rings. The Bertz CT molecular complexity index is 1380. The van der Waals surface area contributed by atoms with Crippen LogP contribution in [0, 0.1) is 6.92 Å². The number of carbonyl (C=O) groups is 2. The van der Waals surface area contributed by atoms with Crippen molar-refractivity contribution in [2.45, 2.75) is 19.5 Å². The second-order valence-corrected chi connectivity index (χ2v) is 8.56. The van der Waals surface area contributed by atoms with Crippen LogP contribution in [0.3, 0.4) is 0 Å². The number of hydrogen-bond donors (Lipinski definition) is 1. The molecular weight excluding hydrogens is 474 g/mol. The summed E-state index contributed by atoms with van der Waals surface area (Å²) in [5.74, 6) is 0.0287. The number of rotatable bonds is 8. The molecule has 192 valence electrons. The van der Waals surface area contributed by atoms with Crippen molar-refractivity contribution in [1.29, 1.82) is 0 Å². The topological polar surface area (TPSA) is 94.5 Å². The maximum Gasteiger partial charge on any atom is 0.295 e. The molecule has 8 nitrogen and oxygen atoms in total. The van der Waals surface area contributed by atoms with Gasteiger partial charge in [0.2, 0.25) is 0 Å². The number of ketones is 1. The predicted molar refractivity (Wildman–Crippen MR) is 138 cm³/mol. The zero-order chi connectivity index (χ0) is 26.7. The fourth-order valence-electron chi connectivity index (χ4n) is 4.58. The van der Waals surface area contributed by atoms with E-state index >= 15 is 0 Å². The van der Waals surface area contributed by atoms with E-state index < -0.39 is 17.7 Å². The first-order valence-corrected chi connectivity index (χ1v) is 11.6. The molecule has 1 N–H and O–H groups in total. The van der Waals surface area contributed by atoms with Gasteiger partial charge in [-0.3, -0.25) is 9.59 Å². The van der Waals surface area contributed by atoms with E-state index in [0.717, 1.165) is 5.56 Å². The molecule has 37 heavy (non-hydrogen) atoms. The summed E-state index contributed by atoms with van der Waals surface area (Å²) in [6.45, 7) is 1.94. The highest BCUT2D eigenvalue weighted by molar-refractivity contribution is 6.46. The average Bonchev–Trinajstić information content (AvgIpc) is 3.17. The Morgan fingerprint density at radius 2 is 1.46 bits per heavy atom. The van der Waals surface area contributed by atoms with E-state index in [2.05, 4.69) is 0 Å². The van der Waals surface area contributed by atoms with Gasteiger partial charge in [0.05, 0.1) is 52.2 Å². The average molecular weight is 504 g/mol. The molecular formula is C29H29NO7. The van der Waals surface area contributed by atoms with Gasteiger partial charge in [0, 0.05) is 5.56 Å². The smallest absolute Gasteiger partial charge is 0.295 e. The fourth-order valence-corrected chi connectivity index (χ4v) is 4.58. The quantitative estimate of drug-likeness (QED) is 0.272. The third-order valence-electron chi connectivity index (χ3n) is 6.41. The second-order valence-electron chi connectivity index (χ2n) is 8.56. The Hall–Kier alpha value is -4.46. The number of carbonyl (C=O) groups excluding carboxylic acids is 2. The molecule has 3 aromatic carbocycles. The summed E-state index contributed by atoms with van der Waals surface area (Å²) in [6.07, 6.45) is 0. The van der Waals surface area contributed by atoms with Crippen LogP contribution in [0.1, 0.15) is 28.3 Å². The number of amides is 1. The largest absolute Gasteiger partial charge is 0.507 e. The van der Waals surface area contributed by atoms with Crippen molar-refractivity contribution in [1.82, 2.24) is 4.90 Å². The number of nitrogens with zero attached hydrogens (tertiary/aromatic N) is 1. The lowest BCUT2D eigenvalue weighted by atomic mass is 9.94. The minimum absolute atomic E-state index is 0.0454. The third kappa shape index (κ3) is 4.70. The van der Waals surface area contributed by atoms with Crippen LogP contribution in [0.5, 0.6) is 23.0 Å². The number of aliphatic hydroxyl groups is 1. The standard InChI is InChI=1S/C29H29NO7/c1-17-10-12-22(35-3)20(14-17)27(31)25-26(18-11-13-23(36-4)24(15-18)37-5)30(29(33)28(25)32)16-19-8-6-7-9-21(19)34-2/h6-15,26,31H,16H2,1-5H3/b27-25+. The van der Waals surface area contributed by atoms with Gasteiger partial charge in [0.25, 0.3) is 11.7 Å². The van der Waals surface area contributed by atoms with Crippen LogP contribution in [-0.2, 0) is 16.1 Å². The van der Waals surface area contributed by atoms with Crippen LogP contribution in [-0.4, -0.2) is 50.1 Å². The molecule has 0 bridgehead atoms. The van der Waals surface area contributed by atoms with Crippen molar-refractivity contribution in [2.75, 3.05) is 28.4 Å². The summed E-state index contributed by atoms with van der Waals surface area (Å²) in [7, 11) is 6.05. The molecule has 4 rings (SSSR count). The van der Waals surface area contributed by atoms with Crippen LogP contribution in [0.4, 0.5) is 0 Å². The van der Waals surface area contributed by atoms with Gasteiger partial charge in [0.15, 0.2) is 11.5 Å². The van der Waals surface area contributed by atoms with Crippen LogP contribution in [0.2, 0.25) is 0 Å². The molecule has 0 spiro atoms.